The number of rotatable bonds is 2. The van der Waals surface area contributed by atoms with Crippen LogP contribution in [0.15, 0.2) is 44.4 Å². The minimum atomic E-state index is -0.282. The van der Waals surface area contributed by atoms with Crippen LogP contribution in [-0.2, 0) is 18.6 Å². The summed E-state index contributed by atoms with van der Waals surface area (Å²) in [5, 5.41) is 0. The summed E-state index contributed by atoms with van der Waals surface area (Å²) in [6.07, 6.45) is 16.0. The second-order valence-electron chi connectivity index (χ2n) is 2.63. The SMILES string of the molecule is C1=CC[C]([W+4][C]2=CC=CC2)=C1.[Cl-].[Cl-].[Cl-].[Cl-]. The molecule has 0 aromatic heterocycles. The van der Waals surface area contributed by atoms with Gasteiger partial charge in [-0.25, -0.2) is 0 Å². The first-order valence-corrected chi connectivity index (χ1v) is 6.78. The van der Waals surface area contributed by atoms with Gasteiger partial charge < -0.3 is 49.6 Å². The van der Waals surface area contributed by atoms with Gasteiger partial charge in [-0.2, -0.15) is 0 Å². The molecule has 0 aliphatic heterocycles. The van der Waals surface area contributed by atoms with E-state index in [1.165, 1.54) is 12.8 Å². The van der Waals surface area contributed by atoms with Gasteiger partial charge in [-0.05, 0) is 0 Å². The molecular formula is C10H10Cl4W. The first kappa shape index (κ1) is 21.1. The van der Waals surface area contributed by atoms with E-state index in [0.29, 0.717) is 0 Å². The number of halogens is 4. The van der Waals surface area contributed by atoms with Gasteiger partial charge in [-0.3, -0.25) is 0 Å². The molecule has 2 rings (SSSR count). The molecule has 0 spiro atoms. The zero-order chi connectivity index (χ0) is 7.52. The van der Waals surface area contributed by atoms with Crippen molar-refractivity contribution in [1.82, 2.24) is 0 Å². The molecule has 0 fully saturated rings. The molecule has 0 bridgehead atoms. The van der Waals surface area contributed by atoms with Crippen LogP contribution in [0.1, 0.15) is 12.8 Å². The third-order valence-electron chi connectivity index (χ3n) is 1.74. The smallest absolute Gasteiger partial charge is 1.00 e. The van der Waals surface area contributed by atoms with E-state index in [2.05, 4.69) is 36.5 Å². The zero-order valence-electron chi connectivity index (χ0n) is 7.80. The van der Waals surface area contributed by atoms with E-state index >= 15 is 0 Å². The van der Waals surface area contributed by atoms with E-state index < -0.39 is 0 Å². The monoisotopic (exact) mass is 454 g/mol. The Hall–Kier alpha value is 0.808. The van der Waals surface area contributed by atoms with E-state index in [9.17, 15) is 0 Å². The van der Waals surface area contributed by atoms with Crippen molar-refractivity contribution in [3.63, 3.8) is 0 Å². The molecule has 2 aliphatic rings. The van der Waals surface area contributed by atoms with Crippen molar-refractivity contribution < 1.29 is 68.2 Å². The Balaban J connectivity index is -0.000000360. The average Bonchev–Trinajstić information content (AvgIpc) is 2.60. The second kappa shape index (κ2) is 11.3. The maximum absolute atomic E-state index is 2.31. The first-order chi connectivity index (χ1) is 5.45. The number of allylic oxidation sites excluding steroid dienone is 8. The minimum Gasteiger partial charge on any atom is -1.00 e. The van der Waals surface area contributed by atoms with Crippen molar-refractivity contribution in [2.24, 2.45) is 0 Å². The maximum Gasteiger partial charge on any atom is -1.00 e. The third-order valence-corrected chi connectivity index (χ3v) is 5.80. The van der Waals surface area contributed by atoms with Crippen LogP contribution >= 0.6 is 0 Å². The van der Waals surface area contributed by atoms with Gasteiger partial charge in [-0.1, -0.05) is 0 Å². The Kier molecular flexibility index (Phi) is 15.9. The maximum atomic E-state index is 2.31. The van der Waals surface area contributed by atoms with Gasteiger partial charge in [0.2, 0.25) is 0 Å². The van der Waals surface area contributed by atoms with Gasteiger partial charge in [0, 0.05) is 0 Å². The van der Waals surface area contributed by atoms with Crippen LogP contribution in [0.4, 0.5) is 0 Å². The summed E-state index contributed by atoms with van der Waals surface area (Å²) in [6.45, 7) is 0. The normalized spacial score (nSPS) is 14.7. The molecule has 0 nitrogen and oxygen atoms in total. The van der Waals surface area contributed by atoms with Gasteiger partial charge in [0.15, 0.2) is 0 Å². The van der Waals surface area contributed by atoms with E-state index in [1.807, 2.05) is 0 Å². The Morgan fingerprint density at radius 2 is 1.13 bits per heavy atom. The fourth-order valence-electron chi connectivity index (χ4n) is 1.17. The molecular weight excluding hydrogens is 446 g/mol. The van der Waals surface area contributed by atoms with Crippen molar-refractivity contribution in [3.05, 3.63) is 44.4 Å². The molecule has 0 saturated carbocycles. The Morgan fingerprint density at radius 1 is 0.733 bits per heavy atom. The fourth-order valence-corrected chi connectivity index (χ4v) is 4.73. The van der Waals surface area contributed by atoms with Crippen LogP contribution in [0.2, 0.25) is 0 Å². The molecule has 0 aromatic carbocycles. The third kappa shape index (κ3) is 6.87. The molecule has 84 valence electrons. The first-order valence-electron chi connectivity index (χ1n) is 3.84. The van der Waals surface area contributed by atoms with E-state index in [-0.39, 0.29) is 68.2 Å². The van der Waals surface area contributed by atoms with Gasteiger partial charge in [0.05, 0.1) is 0 Å². The molecule has 0 saturated heterocycles. The summed E-state index contributed by atoms with van der Waals surface area (Å²) >= 11 is -0.282. The Labute approximate surface area is 125 Å². The molecule has 0 amide bonds. The summed E-state index contributed by atoms with van der Waals surface area (Å²) in [6, 6.07) is 0. The van der Waals surface area contributed by atoms with Crippen molar-refractivity contribution in [3.8, 4) is 0 Å². The molecule has 0 unspecified atom stereocenters. The van der Waals surface area contributed by atoms with Crippen LogP contribution in [0.5, 0.6) is 0 Å². The molecule has 2 aliphatic carbocycles. The second-order valence-corrected chi connectivity index (χ2v) is 7.13. The Bertz CT molecular complexity index is 251. The predicted octanol–water partition coefficient (Wildman–Crippen LogP) is -9.23. The zero-order valence-corrected chi connectivity index (χ0v) is 13.8. The fraction of sp³-hybridized carbons (Fsp3) is 0.200. The van der Waals surface area contributed by atoms with Gasteiger partial charge in [-0.15, -0.1) is 0 Å². The topological polar surface area (TPSA) is 0 Å². The number of hydrogen-bond donors (Lipinski definition) is 0. The summed E-state index contributed by atoms with van der Waals surface area (Å²) in [5.74, 6) is 0. The van der Waals surface area contributed by atoms with Crippen molar-refractivity contribution in [2.75, 3.05) is 0 Å². The molecule has 0 aromatic rings. The molecule has 15 heavy (non-hydrogen) atoms. The van der Waals surface area contributed by atoms with E-state index in [0.717, 1.165) is 0 Å². The average molecular weight is 456 g/mol. The standard InChI is InChI=1S/2C5H5.4ClH.W/c2*1-2-4-5-3-1;;;;;/h2*1-3H,4H2;4*1H;/q;;;;;;+4/p-4. The summed E-state index contributed by atoms with van der Waals surface area (Å²) in [4.78, 5) is 0. The van der Waals surface area contributed by atoms with E-state index in [4.69, 9.17) is 0 Å². The van der Waals surface area contributed by atoms with Crippen LogP contribution in [-0.4, -0.2) is 0 Å². The van der Waals surface area contributed by atoms with E-state index in [1.54, 1.807) is 7.93 Å². The van der Waals surface area contributed by atoms with Crippen molar-refractivity contribution in [1.29, 1.82) is 0 Å². The van der Waals surface area contributed by atoms with Gasteiger partial charge in [0.1, 0.15) is 0 Å². The quantitative estimate of drug-likeness (QED) is 0.388. The summed E-state index contributed by atoms with van der Waals surface area (Å²) < 4.78 is 3.44. The van der Waals surface area contributed by atoms with Crippen molar-refractivity contribution in [2.45, 2.75) is 12.8 Å². The van der Waals surface area contributed by atoms with Crippen molar-refractivity contribution >= 4 is 0 Å². The van der Waals surface area contributed by atoms with Crippen LogP contribution in [0, 0.1) is 0 Å². The summed E-state index contributed by atoms with van der Waals surface area (Å²) in [5.41, 5.74) is 0. The van der Waals surface area contributed by atoms with Crippen LogP contribution in [0.3, 0.4) is 0 Å². The Morgan fingerprint density at radius 3 is 1.40 bits per heavy atom. The minimum absolute atomic E-state index is 0. The van der Waals surface area contributed by atoms with Crippen LogP contribution in [0.25, 0.3) is 0 Å². The van der Waals surface area contributed by atoms with Gasteiger partial charge in [0.25, 0.3) is 0 Å². The largest absolute Gasteiger partial charge is 1.00 e. The predicted molar refractivity (Wildman–Crippen MR) is 43.7 cm³/mol. The molecule has 5 heteroatoms. The molecule has 0 heterocycles. The molecule has 0 radical (unpaired) electrons. The molecule has 0 atom stereocenters. The van der Waals surface area contributed by atoms with Crippen LogP contribution < -0.4 is 49.6 Å². The summed E-state index contributed by atoms with van der Waals surface area (Å²) in [7, 11) is 0. The molecule has 0 N–H and O–H groups in total. The number of hydrogen-bond acceptors (Lipinski definition) is 0. The van der Waals surface area contributed by atoms with Gasteiger partial charge >= 0.3 is 75.8 Å².